The minimum absolute atomic E-state index is 0. The molecule has 21 heavy (non-hydrogen) atoms. The molecule has 0 saturated heterocycles. The van der Waals surface area contributed by atoms with Crippen LogP contribution in [-0.2, 0) is 10.1 Å². The van der Waals surface area contributed by atoms with Crippen LogP contribution in [0.3, 0.4) is 0 Å². The molecule has 3 rings (SSSR count). The molecule has 5 heteroatoms. The minimum Gasteiger partial charge on any atom is -0.744 e. The van der Waals surface area contributed by atoms with Gasteiger partial charge in [0.25, 0.3) is 0 Å². The standard InChI is InChI=1S/C16H12O3S.Rb/c1-2-11-7-9-14-13-6-4-3-5-12(13)8-10-15(14)16(11)20(17,18)19;/h2-10H,1H2,(H,17,18,19);/q;+1/p-1. The van der Waals surface area contributed by atoms with E-state index >= 15 is 0 Å². The smallest absolute Gasteiger partial charge is 0.744 e. The summed E-state index contributed by atoms with van der Waals surface area (Å²) in [5, 5.41) is 3.12. The summed E-state index contributed by atoms with van der Waals surface area (Å²) in [5.41, 5.74) is 0.336. The van der Waals surface area contributed by atoms with Gasteiger partial charge in [-0.3, -0.25) is 0 Å². The van der Waals surface area contributed by atoms with Gasteiger partial charge in [-0.2, -0.15) is 0 Å². The Bertz CT molecular complexity index is 946. The van der Waals surface area contributed by atoms with Crippen molar-refractivity contribution in [1.82, 2.24) is 0 Å². The van der Waals surface area contributed by atoms with Crippen LogP contribution in [0.1, 0.15) is 5.56 Å². The van der Waals surface area contributed by atoms with Crippen molar-refractivity contribution in [3.63, 3.8) is 0 Å². The first-order valence-electron chi connectivity index (χ1n) is 6.05. The predicted octanol–water partition coefficient (Wildman–Crippen LogP) is 0.544. The van der Waals surface area contributed by atoms with E-state index in [1.54, 1.807) is 12.1 Å². The normalized spacial score (nSPS) is 11.3. The average molecular weight is 369 g/mol. The van der Waals surface area contributed by atoms with Crippen molar-refractivity contribution in [3.05, 3.63) is 60.7 Å². The molecule has 0 fully saturated rings. The van der Waals surface area contributed by atoms with Gasteiger partial charge in [-0.15, -0.1) is 0 Å². The van der Waals surface area contributed by atoms with E-state index < -0.39 is 10.1 Å². The molecular formula is C16H11O3RbS. The summed E-state index contributed by atoms with van der Waals surface area (Å²) in [6.45, 7) is 3.57. The van der Waals surface area contributed by atoms with Gasteiger partial charge in [0, 0.05) is 5.39 Å². The maximum absolute atomic E-state index is 11.6. The van der Waals surface area contributed by atoms with Crippen LogP contribution in [0.25, 0.3) is 27.6 Å². The molecule has 0 aliphatic heterocycles. The summed E-state index contributed by atoms with van der Waals surface area (Å²) >= 11 is 0. The van der Waals surface area contributed by atoms with Crippen LogP contribution in [0.4, 0.5) is 0 Å². The van der Waals surface area contributed by atoms with Crippen molar-refractivity contribution in [2.24, 2.45) is 0 Å². The van der Waals surface area contributed by atoms with Crippen molar-refractivity contribution >= 4 is 37.7 Å². The van der Waals surface area contributed by atoms with Gasteiger partial charge in [0.1, 0.15) is 10.1 Å². The molecule has 0 N–H and O–H groups in total. The first-order chi connectivity index (χ1) is 9.52. The Kier molecular flexibility index (Phi) is 5.18. The quantitative estimate of drug-likeness (QED) is 0.490. The minimum atomic E-state index is -4.56. The molecule has 3 aromatic rings. The van der Waals surface area contributed by atoms with Crippen LogP contribution in [0.15, 0.2) is 60.0 Å². The van der Waals surface area contributed by atoms with Crippen LogP contribution in [-0.4, -0.2) is 13.0 Å². The van der Waals surface area contributed by atoms with Gasteiger partial charge >= 0.3 is 58.2 Å². The van der Waals surface area contributed by atoms with E-state index in [9.17, 15) is 13.0 Å². The molecule has 0 bridgehead atoms. The van der Waals surface area contributed by atoms with E-state index in [1.807, 2.05) is 36.4 Å². The Morgan fingerprint density at radius 2 is 1.57 bits per heavy atom. The molecule has 100 valence electrons. The number of fused-ring (bicyclic) bond motifs is 3. The summed E-state index contributed by atoms with van der Waals surface area (Å²) in [6, 6.07) is 14.6. The van der Waals surface area contributed by atoms with Crippen LogP contribution in [0, 0.1) is 0 Å². The molecule has 0 atom stereocenters. The van der Waals surface area contributed by atoms with Crippen molar-refractivity contribution in [3.8, 4) is 0 Å². The number of rotatable bonds is 2. The molecular weight excluding hydrogens is 358 g/mol. The molecule has 0 aromatic heterocycles. The van der Waals surface area contributed by atoms with Crippen molar-refractivity contribution in [1.29, 1.82) is 0 Å². The molecule has 0 unspecified atom stereocenters. The van der Waals surface area contributed by atoms with Crippen molar-refractivity contribution in [2.75, 3.05) is 0 Å². The maximum atomic E-state index is 11.6. The molecule has 3 nitrogen and oxygen atoms in total. The van der Waals surface area contributed by atoms with Gasteiger partial charge in [0.2, 0.25) is 0 Å². The van der Waals surface area contributed by atoms with Crippen molar-refractivity contribution in [2.45, 2.75) is 4.90 Å². The summed E-state index contributed by atoms with van der Waals surface area (Å²) in [7, 11) is -4.56. The summed E-state index contributed by atoms with van der Waals surface area (Å²) in [4.78, 5) is -0.198. The Labute approximate surface area is 172 Å². The molecule has 0 aliphatic rings. The fraction of sp³-hybridized carbons (Fsp3) is 0. The van der Waals surface area contributed by atoms with E-state index in [0.29, 0.717) is 10.9 Å². The van der Waals surface area contributed by atoms with Crippen molar-refractivity contribution < 1.29 is 71.2 Å². The second-order valence-electron chi connectivity index (χ2n) is 4.52. The van der Waals surface area contributed by atoms with Crippen LogP contribution in [0.5, 0.6) is 0 Å². The zero-order valence-corrected chi connectivity index (χ0v) is 17.3. The largest absolute Gasteiger partial charge is 1.00 e. The second-order valence-corrected chi connectivity index (χ2v) is 5.84. The first kappa shape index (κ1) is 17.0. The third-order valence-corrected chi connectivity index (χ3v) is 4.33. The fourth-order valence-corrected chi connectivity index (χ4v) is 3.40. The molecule has 0 radical (unpaired) electrons. The Morgan fingerprint density at radius 3 is 2.24 bits per heavy atom. The molecule has 0 saturated carbocycles. The monoisotopic (exact) mass is 368 g/mol. The number of benzene rings is 3. The van der Waals surface area contributed by atoms with Crippen LogP contribution in [0.2, 0.25) is 0 Å². The third kappa shape index (κ3) is 3.07. The molecule has 0 spiro atoms. The Morgan fingerprint density at radius 1 is 0.905 bits per heavy atom. The van der Waals surface area contributed by atoms with Gasteiger partial charge in [-0.05, 0) is 21.7 Å². The summed E-state index contributed by atoms with van der Waals surface area (Å²) < 4.78 is 34.7. The fourth-order valence-electron chi connectivity index (χ4n) is 2.52. The predicted molar refractivity (Wildman–Crippen MR) is 79.5 cm³/mol. The van der Waals surface area contributed by atoms with Crippen LogP contribution >= 0.6 is 0 Å². The number of hydrogen-bond donors (Lipinski definition) is 0. The summed E-state index contributed by atoms with van der Waals surface area (Å²) in [5.74, 6) is 0. The summed E-state index contributed by atoms with van der Waals surface area (Å²) in [6.07, 6.45) is 1.39. The van der Waals surface area contributed by atoms with Gasteiger partial charge in [-0.25, -0.2) is 8.42 Å². The second kappa shape index (κ2) is 6.40. The van der Waals surface area contributed by atoms with Gasteiger partial charge in [0.05, 0.1) is 4.90 Å². The molecule has 0 aliphatic carbocycles. The van der Waals surface area contributed by atoms with E-state index in [4.69, 9.17) is 0 Å². The number of hydrogen-bond acceptors (Lipinski definition) is 3. The first-order valence-corrected chi connectivity index (χ1v) is 7.46. The van der Waals surface area contributed by atoms with Gasteiger partial charge < -0.3 is 4.55 Å². The van der Waals surface area contributed by atoms with E-state index in [1.165, 1.54) is 6.08 Å². The van der Waals surface area contributed by atoms with Gasteiger partial charge in [0.15, 0.2) is 0 Å². The molecule has 0 heterocycles. The third-order valence-electron chi connectivity index (χ3n) is 3.38. The van der Waals surface area contributed by atoms with Crippen LogP contribution < -0.4 is 58.2 Å². The van der Waals surface area contributed by atoms with E-state index in [2.05, 4.69) is 6.58 Å². The topological polar surface area (TPSA) is 57.2 Å². The van der Waals surface area contributed by atoms with E-state index in [0.717, 1.165) is 16.2 Å². The zero-order valence-electron chi connectivity index (χ0n) is 11.5. The molecule has 0 amide bonds. The van der Waals surface area contributed by atoms with Gasteiger partial charge in [-0.1, -0.05) is 61.2 Å². The Balaban J connectivity index is 0.00000161. The zero-order chi connectivity index (χ0) is 14.3. The average Bonchev–Trinajstić information content (AvgIpc) is 2.44. The Hall–Kier alpha value is -0.365. The SMILES string of the molecule is C=Cc1ccc2c(ccc3ccccc32)c1S(=O)(=O)[O-].[Rb+]. The maximum Gasteiger partial charge on any atom is 1.00 e. The van der Waals surface area contributed by atoms with E-state index in [-0.39, 0.29) is 63.1 Å². The molecule has 3 aromatic carbocycles.